The Bertz CT molecular complexity index is 1120. The zero-order valence-corrected chi connectivity index (χ0v) is 23.1. The average molecular weight is 531 g/mol. The van der Waals surface area contributed by atoms with Gasteiger partial charge in [-0.1, -0.05) is 19.9 Å². The van der Waals surface area contributed by atoms with Gasteiger partial charge >= 0.3 is 23.9 Å². The number of allylic oxidation sites excluding steroid dienone is 4. The highest BCUT2D eigenvalue weighted by molar-refractivity contribution is 5.93. The Morgan fingerprint density at radius 3 is 2.26 bits per heavy atom. The summed E-state index contributed by atoms with van der Waals surface area (Å²) in [4.78, 5) is 61.4. The largest absolute Gasteiger partial charge is 0.462 e. The first-order chi connectivity index (χ1) is 17.7. The minimum Gasteiger partial charge on any atom is -0.462 e. The third kappa shape index (κ3) is 4.58. The van der Waals surface area contributed by atoms with E-state index in [0.29, 0.717) is 37.9 Å². The molecule has 0 aromatic rings. The summed E-state index contributed by atoms with van der Waals surface area (Å²) in [6.45, 7) is 8.91. The van der Waals surface area contributed by atoms with E-state index in [-0.39, 0.29) is 29.1 Å². The molecular weight excluding hydrogens is 492 g/mol. The van der Waals surface area contributed by atoms with Crippen LogP contribution in [0.4, 0.5) is 0 Å². The molecule has 208 valence electrons. The van der Waals surface area contributed by atoms with Gasteiger partial charge in [0.15, 0.2) is 12.2 Å². The Balaban J connectivity index is 1.78. The van der Waals surface area contributed by atoms with Gasteiger partial charge in [0.05, 0.1) is 0 Å². The lowest BCUT2D eigenvalue weighted by Crippen LogP contribution is -2.63. The van der Waals surface area contributed by atoms with Gasteiger partial charge < -0.3 is 18.9 Å². The number of fused-ring (bicyclic) bond motifs is 5. The SMILES string of the molecule is CC(=O)OCC(=O)[C@@]1(OC(C)=O)CC[C@H]2[C@@H]3CC=C4C=C(OC(C)=O)CC[C@]4(C)[C@H]3[C@@H](OC(C)=O)C[C@@]21C. The number of carbonyl (C=O) groups excluding carboxylic acids is 5. The van der Waals surface area contributed by atoms with Gasteiger partial charge in [-0.2, -0.15) is 0 Å². The topological polar surface area (TPSA) is 122 Å². The molecule has 0 amide bonds. The van der Waals surface area contributed by atoms with Crippen molar-refractivity contribution in [1.82, 2.24) is 0 Å². The minimum absolute atomic E-state index is 0.00778. The van der Waals surface area contributed by atoms with Gasteiger partial charge in [-0.25, -0.2) is 0 Å². The molecule has 2 fully saturated rings. The number of hydrogen-bond acceptors (Lipinski definition) is 9. The third-order valence-electron chi connectivity index (χ3n) is 9.53. The maximum Gasteiger partial charge on any atom is 0.307 e. The molecule has 0 bridgehead atoms. The van der Waals surface area contributed by atoms with E-state index in [1.807, 2.05) is 13.0 Å². The van der Waals surface area contributed by atoms with Crippen LogP contribution in [0.3, 0.4) is 0 Å². The van der Waals surface area contributed by atoms with Crippen molar-refractivity contribution >= 4 is 29.7 Å². The van der Waals surface area contributed by atoms with E-state index in [2.05, 4.69) is 13.0 Å². The number of hydrogen-bond donors (Lipinski definition) is 0. The first-order valence-corrected chi connectivity index (χ1v) is 13.4. The molecule has 0 spiro atoms. The third-order valence-corrected chi connectivity index (χ3v) is 9.53. The Labute approximate surface area is 223 Å². The maximum absolute atomic E-state index is 13.6. The van der Waals surface area contributed by atoms with Gasteiger partial charge in [0.2, 0.25) is 5.78 Å². The highest BCUT2D eigenvalue weighted by Crippen LogP contribution is 2.68. The number of carbonyl (C=O) groups is 5. The van der Waals surface area contributed by atoms with E-state index in [4.69, 9.17) is 18.9 Å². The summed E-state index contributed by atoms with van der Waals surface area (Å²) in [6.07, 6.45) is 6.89. The van der Waals surface area contributed by atoms with E-state index < -0.39 is 47.4 Å². The van der Waals surface area contributed by atoms with Crippen LogP contribution in [0, 0.1) is 28.6 Å². The summed E-state index contributed by atoms with van der Waals surface area (Å²) < 4.78 is 22.3. The van der Waals surface area contributed by atoms with Crippen molar-refractivity contribution < 1.29 is 42.9 Å². The summed E-state index contributed by atoms with van der Waals surface area (Å²) in [7, 11) is 0. The normalized spacial score (nSPS) is 37.3. The lowest BCUT2D eigenvalue weighted by Gasteiger charge is -2.60. The highest BCUT2D eigenvalue weighted by Gasteiger charge is 2.71. The summed E-state index contributed by atoms with van der Waals surface area (Å²) in [5.74, 6) is -1.71. The molecule has 4 aliphatic rings. The van der Waals surface area contributed by atoms with Crippen molar-refractivity contribution in [2.24, 2.45) is 28.6 Å². The molecule has 0 unspecified atom stereocenters. The lowest BCUT2D eigenvalue weighted by atomic mass is 9.46. The fraction of sp³-hybridized carbons (Fsp3) is 0.690. The Kier molecular flexibility index (Phi) is 7.36. The van der Waals surface area contributed by atoms with Crippen LogP contribution in [0.2, 0.25) is 0 Å². The highest BCUT2D eigenvalue weighted by atomic mass is 16.6. The van der Waals surface area contributed by atoms with Gasteiger partial charge in [0.25, 0.3) is 0 Å². The second-order valence-corrected chi connectivity index (χ2v) is 11.7. The van der Waals surface area contributed by atoms with Crippen LogP contribution < -0.4 is 0 Å². The van der Waals surface area contributed by atoms with Gasteiger partial charge in [0.1, 0.15) is 11.9 Å². The first-order valence-electron chi connectivity index (χ1n) is 13.4. The molecule has 38 heavy (non-hydrogen) atoms. The predicted octanol–water partition coefficient (Wildman–Crippen LogP) is 3.98. The van der Waals surface area contributed by atoms with E-state index in [1.54, 1.807) is 0 Å². The van der Waals surface area contributed by atoms with Crippen molar-refractivity contribution in [3.8, 4) is 0 Å². The van der Waals surface area contributed by atoms with Crippen LogP contribution in [0.25, 0.3) is 0 Å². The van der Waals surface area contributed by atoms with Crippen molar-refractivity contribution in [2.45, 2.75) is 91.8 Å². The van der Waals surface area contributed by atoms with Crippen LogP contribution in [-0.4, -0.2) is 48.0 Å². The summed E-state index contributed by atoms with van der Waals surface area (Å²) in [5, 5.41) is 0. The van der Waals surface area contributed by atoms with Crippen LogP contribution in [-0.2, 0) is 42.9 Å². The van der Waals surface area contributed by atoms with Crippen molar-refractivity contribution in [3.63, 3.8) is 0 Å². The zero-order valence-electron chi connectivity index (χ0n) is 23.1. The molecule has 0 heterocycles. The summed E-state index contributed by atoms with van der Waals surface area (Å²) in [6, 6.07) is 0. The van der Waals surface area contributed by atoms with Crippen LogP contribution in [0.1, 0.15) is 80.1 Å². The summed E-state index contributed by atoms with van der Waals surface area (Å²) in [5.41, 5.74) is -1.58. The van der Waals surface area contributed by atoms with Crippen LogP contribution in [0.15, 0.2) is 23.5 Å². The fourth-order valence-corrected chi connectivity index (χ4v) is 8.19. The standard InChI is InChI=1S/C29H38O9/c1-16(30)35-15-25(34)29(38-19(4)33)12-10-23-22-8-7-20-13-21(36-17(2)31)9-11-27(20,5)26(22)24(37-18(3)32)14-28(23,29)6/h7,13,22-24,26H,8-12,14-15H2,1-6H3/t22-,23-,24-,26+,27-,28-,29-/m0/s1. The monoisotopic (exact) mass is 530 g/mol. The smallest absolute Gasteiger partial charge is 0.307 e. The van der Waals surface area contributed by atoms with E-state index in [0.717, 1.165) is 12.0 Å². The van der Waals surface area contributed by atoms with Gasteiger partial charge in [-0.3, -0.25) is 24.0 Å². The lowest BCUT2D eigenvalue weighted by molar-refractivity contribution is -0.205. The quantitative estimate of drug-likeness (QED) is 0.371. The molecule has 2 saturated carbocycles. The number of ketones is 1. The molecule has 7 atom stereocenters. The maximum atomic E-state index is 13.6. The molecule has 9 heteroatoms. The molecule has 9 nitrogen and oxygen atoms in total. The number of Topliss-reactive ketones (excluding diaryl/α,β-unsaturated/α-hetero) is 1. The number of ether oxygens (including phenoxy) is 4. The van der Waals surface area contributed by atoms with E-state index in [9.17, 15) is 24.0 Å². The molecule has 0 saturated heterocycles. The Hall–Kier alpha value is -2.97. The molecule has 0 aromatic carbocycles. The zero-order chi connectivity index (χ0) is 28.0. The number of esters is 4. The second kappa shape index (κ2) is 9.97. The van der Waals surface area contributed by atoms with Crippen LogP contribution in [0.5, 0.6) is 0 Å². The molecule has 0 N–H and O–H groups in total. The Morgan fingerprint density at radius 2 is 1.66 bits per heavy atom. The van der Waals surface area contributed by atoms with Gasteiger partial charge in [-0.15, -0.1) is 0 Å². The van der Waals surface area contributed by atoms with E-state index in [1.165, 1.54) is 27.7 Å². The summed E-state index contributed by atoms with van der Waals surface area (Å²) >= 11 is 0. The van der Waals surface area contributed by atoms with E-state index >= 15 is 0 Å². The predicted molar refractivity (Wildman–Crippen MR) is 134 cm³/mol. The molecule has 0 radical (unpaired) electrons. The fourth-order valence-electron chi connectivity index (χ4n) is 8.19. The molecule has 0 aliphatic heterocycles. The van der Waals surface area contributed by atoms with Crippen LogP contribution >= 0.6 is 0 Å². The average Bonchev–Trinajstić information content (AvgIpc) is 3.08. The van der Waals surface area contributed by atoms with Gasteiger partial charge in [0, 0.05) is 45.4 Å². The molecular formula is C29H38O9. The van der Waals surface area contributed by atoms with Crippen molar-refractivity contribution in [3.05, 3.63) is 23.5 Å². The number of rotatable bonds is 6. The minimum atomic E-state index is -1.48. The van der Waals surface area contributed by atoms with Gasteiger partial charge in [-0.05, 0) is 61.0 Å². The molecule has 4 rings (SSSR count). The first kappa shape index (κ1) is 28.0. The Morgan fingerprint density at radius 1 is 0.947 bits per heavy atom. The molecule has 0 aromatic heterocycles. The second-order valence-electron chi connectivity index (χ2n) is 11.7. The molecule has 4 aliphatic carbocycles. The van der Waals surface area contributed by atoms with Crippen molar-refractivity contribution in [2.75, 3.05) is 6.61 Å². The van der Waals surface area contributed by atoms with Crippen molar-refractivity contribution in [1.29, 1.82) is 0 Å².